The van der Waals surface area contributed by atoms with Crippen LogP contribution in [0.5, 0.6) is 0 Å². The first-order chi connectivity index (χ1) is 19.7. The molecule has 3 rings (SSSR count). The van der Waals surface area contributed by atoms with Gasteiger partial charge >= 0.3 is 0 Å². The monoisotopic (exact) mass is 568 g/mol. The van der Waals surface area contributed by atoms with Crippen molar-refractivity contribution in [3.63, 3.8) is 0 Å². The normalized spacial score (nSPS) is 17.3. The van der Waals surface area contributed by atoms with Gasteiger partial charge in [0.1, 0.15) is 6.10 Å². The highest BCUT2D eigenvalue weighted by atomic mass is 16.3. The van der Waals surface area contributed by atoms with Gasteiger partial charge in [-0.05, 0) is 42.6 Å². The molecular formula is C33H54N5O3+. The molecule has 1 saturated heterocycles. The summed E-state index contributed by atoms with van der Waals surface area (Å²) in [5, 5.41) is 31.7. The van der Waals surface area contributed by atoms with Gasteiger partial charge in [-0.3, -0.25) is 14.7 Å². The average molecular weight is 569 g/mol. The summed E-state index contributed by atoms with van der Waals surface area (Å²) < 4.78 is 2.03. The molecule has 3 unspecified atom stereocenters. The maximum absolute atomic E-state index is 10.9. The van der Waals surface area contributed by atoms with Gasteiger partial charge in [0.25, 0.3) is 0 Å². The van der Waals surface area contributed by atoms with E-state index >= 15 is 0 Å². The summed E-state index contributed by atoms with van der Waals surface area (Å²) in [6.07, 6.45) is 9.93. The third-order valence-electron chi connectivity index (χ3n) is 7.86. The van der Waals surface area contributed by atoms with E-state index < -0.39 is 12.2 Å². The van der Waals surface area contributed by atoms with Gasteiger partial charge < -0.3 is 20.2 Å². The highest BCUT2D eigenvalue weighted by molar-refractivity contribution is 5.70. The molecule has 1 aromatic carbocycles. The van der Waals surface area contributed by atoms with Crippen molar-refractivity contribution in [1.82, 2.24) is 14.7 Å². The fraction of sp³-hybridized carbons (Fsp3) is 0.606. The summed E-state index contributed by atoms with van der Waals surface area (Å²) in [6.45, 7) is 11.7. The van der Waals surface area contributed by atoms with Crippen LogP contribution in [0.15, 0.2) is 48.8 Å². The van der Waals surface area contributed by atoms with Crippen molar-refractivity contribution in [1.29, 1.82) is 0 Å². The minimum Gasteiger partial charge on any atom is -0.392 e. The first-order valence-corrected chi connectivity index (χ1v) is 15.4. The van der Waals surface area contributed by atoms with Crippen LogP contribution in [0, 0.1) is 0 Å². The minimum absolute atomic E-state index is 0.254. The van der Waals surface area contributed by atoms with Crippen molar-refractivity contribution < 1.29 is 19.9 Å². The molecule has 1 aliphatic heterocycles. The summed E-state index contributed by atoms with van der Waals surface area (Å²) in [6, 6.07) is 12.6. The molecule has 0 amide bonds. The van der Waals surface area contributed by atoms with Crippen LogP contribution in [0.25, 0.3) is 12.2 Å². The Balaban J connectivity index is 1.45. The number of nitrogens with zero attached hydrogens (tertiary/aromatic N) is 5. The second-order valence-electron chi connectivity index (χ2n) is 11.7. The van der Waals surface area contributed by atoms with E-state index in [1.165, 1.54) is 5.69 Å². The number of pyridine rings is 1. The molecule has 3 N–H and O–H groups in total. The summed E-state index contributed by atoms with van der Waals surface area (Å²) in [7, 11) is 4.08. The first-order valence-electron chi connectivity index (χ1n) is 15.4. The second kappa shape index (κ2) is 17.6. The standard InChI is InChI=1S/C33H54N5O3/c1-5-7-16-38(27-33(41)25-37-21-19-36(20-22-37)23-31(39)6-2)26-32(40)24-35-17-14-29(15-18-35)9-8-28-10-12-30(13-11-28)34(3)4/h8-15,17-18,31-33,39-41H,5-7,16,19-27H2,1-4H3/q+1. The van der Waals surface area contributed by atoms with Crippen molar-refractivity contribution in [2.24, 2.45) is 0 Å². The average Bonchev–Trinajstić information content (AvgIpc) is 2.96. The lowest BCUT2D eigenvalue weighted by Gasteiger charge is -2.37. The van der Waals surface area contributed by atoms with E-state index in [2.05, 4.69) is 75.1 Å². The highest BCUT2D eigenvalue weighted by Crippen LogP contribution is 2.14. The zero-order valence-corrected chi connectivity index (χ0v) is 25.8. The van der Waals surface area contributed by atoms with Crippen LogP contribution in [-0.2, 0) is 6.54 Å². The van der Waals surface area contributed by atoms with Crippen molar-refractivity contribution in [3.8, 4) is 0 Å². The largest absolute Gasteiger partial charge is 0.392 e. The van der Waals surface area contributed by atoms with Gasteiger partial charge in [0.15, 0.2) is 18.9 Å². The number of aromatic nitrogens is 1. The van der Waals surface area contributed by atoms with E-state index in [0.717, 1.165) is 69.7 Å². The summed E-state index contributed by atoms with van der Waals surface area (Å²) in [5.74, 6) is 0. The topological polar surface area (TPSA) is 77.5 Å². The van der Waals surface area contributed by atoms with Crippen LogP contribution in [-0.4, -0.2) is 121 Å². The van der Waals surface area contributed by atoms with Gasteiger partial charge in [0.05, 0.1) is 12.2 Å². The van der Waals surface area contributed by atoms with Gasteiger partial charge in [0.2, 0.25) is 0 Å². The van der Waals surface area contributed by atoms with Crippen LogP contribution in [0.3, 0.4) is 0 Å². The molecular weight excluding hydrogens is 514 g/mol. The number of β-amino-alcohol motifs (C(OH)–C–C–N with tert-alkyl or cyclic N) is 2. The van der Waals surface area contributed by atoms with Crippen molar-refractivity contribution >= 4 is 17.8 Å². The molecule has 0 spiro atoms. The molecule has 1 aromatic heterocycles. The highest BCUT2D eigenvalue weighted by Gasteiger charge is 2.23. The zero-order chi connectivity index (χ0) is 29.6. The van der Waals surface area contributed by atoms with E-state index in [9.17, 15) is 15.3 Å². The predicted octanol–water partition coefficient (Wildman–Crippen LogP) is 2.42. The van der Waals surface area contributed by atoms with Gasteiger partial charge in [-0.2, -0.15) is 0 Å². The number of aliphatic hydroxyl groups is 3. The number of hydrogen-bond acceptors (Lipinski definition) is 7. The maximum atomic E-state index is 10.9. The molecule has 8 nitrogen and oxygen atoms in total. The van der Waals surface area contributed by atoms with Gasteiger partial charge in [0, 0.05) is 84.3 Å². The molecule has 8 heteroatoms. The smallest absolute Gasteiger partial charge is 0.175 e. The molecule has 0 aliphatic carbocycles. The summed E-state index contributed by atoms with van der Waals surface area (Å²) in [5.41, 5.74) is 3.45. The number of hydrogen-bond donors (Lipinski definition) is 3. The lowest BCUT2D eigenvalue weighted by Crippen LogP contribution is -2.52. The molecule has 1 fully saturated rings. The van der Waals surface area contributed by atoms with Crippen LogP contribution in [0.2, 0.25) is 0 Å². The zero-order valence-electron chi connectivity index (χ0n) is 25.8. The molecule has 1 aliphatic rings. The fourth-order valence-corrected chi connectivity index (χ4v) is 5.25. The molecule has 0 saturated carbocycles. The molecule has 2 aromatic rings. The fourth-order valence-electron chi connectivity index (χ4n) is 5.25. The summed E-state index contributed by atoms with van der Waals surface area (Å²) in [4.78, 5) is 8.93. The Morgan fingerprint density at radius 1 is 0.780 bits per heavy atom. The molecule has 41 heavy (non-hydrogen) atoms. The van der Waals surface area contributed by atoms with Crippen molar-refractivity contribution in [2.45, 2.75) is 58.0 Å². The van der Waals surface area contributed by atoms with E-state index in [1.807, 2.05) is 38.0 Å². The Hall–Kier alpha value is -2.33. The van der Waals surface area contributed by atoms with Crippen LogP contribution in [0.1, 0.15) is 44.2 Å². The molecule has 228 valence electrons. The predicted molar refractivity (Wildman–Crippen MR) is 169 cm³/mol. The van der Waals surface area contributed by atoms with Crippen LogP contribution in [0.4, 0.5) is 5.69 Å². The SMILES string of the molecule is CCCCN(CC(O)CN1CCN(CC(O)CC)CC1)CC(O)C[n+]1ccc(C=Cc2ccc(N(C)C)cc2)cc1. The number of piperazine rings is 1. The van der Waals surface area contributed by atoms with E-state index in [4.69, 9.17) is 0 Å². The van der Waals surface area contributed by atoms with E-state index in [-0.39, 0.29) is 6.10 Å². The van der Waals surface area contributed by atoms with Crippen molar-refractivity contribution in [2.75, 3.05) is 77.9 Å². The lowest BCUT2D eigenvalue weighted by molar-refractivity contribution is -0.703. The molecule has 3 atom stereocenters. The van der Waals surface area contributed by atoms with E-state index in [0.29, 0.717) is 26.2 Å². The lowest BCUT2D eigenvalue weighted by atomic mass is 10.1. The van der Waals surface area contributed by atoms with Gasteiger partial charge in [-0.1, -0.05) is 44.6 Å². The van der Waals surface area contributed by atoms with Crippen molar-refractivity contribution in [3.05, 3.63) is 59.9 Å². The summed E-state index contributed by atoms with van der Waals surface area (Å²) >= 11 is 0. The molecule has 0 radical (unpaired) electrons. The third kappa shape index (κ3) is 12.2. The van der Waals surface area contributed by atoms with Gasteiger partial charge in [-0.15, -0.1) is 0 Å². The second-order valence-corrected chi connectivity index (χ2v) is 11.7. The number of rotatable bonds is 17. The Morgan fingerprint density at radius 2 is 1.32 bits per heavy atom. The number of aliphatic hydroxyl groups excluding tert-OH is 3. The Bertz CT molecular complexity index is 1010. The molecule has 2 heterocycles. The maximum Gasteiger partial charge on any atom is 0.175 e. The van der Waals surface area contributed by atoms with Crippen LogP contribution < -0.4 is 9.47 Å². The first kappa shape index (κ1) is 33.2. The Morgan fingerprint density at radius 3 is 1.85 bits per heavy atom. The Kier molecular flexibility index (Phi) is 14.2. The third-order valence-corrected chi connectivity index (χ3v) is 7.86. The number of benzene rings is 1. The number of unbranched alkanes of at least 4 members (excludes halogenated alkanes) is 1. The Labute approximate surface area is 248 Å². The van der Waals surface area contributed by atoms with E-state index in [1.54, 1.807) is 0 Å². The van der Waals surface area contributed by atoms with Crippen LogP contribution >= 0.6 is 0 Å². The molecule has 0 bridgehead atoms. The number of anilines is 1. The quantitative estimate of drug-likeness (QED) is 0.253. The minimum atomic E-state index is -0.519. The van der Waals surface area contributed by atoms with Gasteiger partial charge in [-0.25, -0.2) is 4.57 Å².